The molecule has 2 aliphatic heterocycles. The van der Waals surface area contributed by atoms with E-state index in [2.05, 4.69) is 36.8 Å². The molecule has 2 bridgehead atoms. The highest BCUT2D eigenvalue weighted by Crippen LogP contribution is 2.36. The topological polar surface area (TPSA) is 123 Å². The molecule has 1 saturated heterocycles. The number of anilines is 3. The molecule has 0 spiro atoms. The molecule has 1 N–H and O–H groups in total. The number of carbonyl (C=O) groups is 1. The van der Waals surface area contributed by atoms with Crippen molar-refractivity contribution in [3.63, 3.8) is 0 Å². The van der Waals surface area contributed by atoms with Crippen LogP contribution in [0.15, 0.2) is 67.9 Å². The molecule has 1 fully saturated rings. The Labute approximate surface area is 228 Å². The molecule has 2 aliphatic rings. The van der Waals surface area contributed by atoms with E-state index in [0.717, 1.165) is 22.8 Å². The monoisotopic (exact) mass is 535 g/mol. The van der Waals surface area contributed by atoms with Crippen molar-refractivity contribution in [3.05, 3.63) is 73.5 Å². The van der Waals surface area contributed by atoms with Gasteiger partial charge in [0.2, 0.25) is 5.91 Å². The van der Waals surface area contributed by atoms with E-state index in [1.54, 1.807) is 4.52 Å². The Morgan fingerprint density at radius 3 is 2.95 bits per heavy atom. The second-order valence-electron chi connectivity index (χ2n) is 9.68. The molecule has 1 aromatic carbocycles. The smallest absolute Gasteiger partial charge is 0.246 e. The largest absolute Gasteiger partial charge is 0.487 e. The lowest BCUT2D eigenvalue weighted by Crippen LogP contribution is -2.56. The van der Waals surface area contributed by atoms with Gasteiger partial charge in [0.1, 0.15) is 36.3 Å². The lowest BCUT2D eigenvalue weighted by atomic mass is 10.1. The summed E-state index contributed by atoms with van der Waals surface area (Å²) in [6.45, 7) is 7.85. The third-order valence-corrected chi connectivity index (χ3v) is 7.15. The van der Waals surface area contributed by atoms with E-state index in [1.807, 2.05) is 54.4 Å². The first-order valence-electron chi connectivity index (χ1n) is 12.9. The number of carbonyl (C=O) groups excluding carboxylic acids is 1. The third-order valence-electron chi connectivity index (χ3n) is 7.15. The Kier molecular flexibility index (Phi) is 5.65. The number of nitrogens with one attached hydrogen (secondary N) is 1. The number of pyridine rings is 2. The Balaban J connectivity index is 1.15. The Hall–Kier alpha value is -5.26. The Bertz CT molecular complexity index is 1790. The van der Waals surface area contributed by atoms with Crippen molar-refractivity contribution in [2.75, 3.05) is 36.5 Å². The fourth-order valence-electron chi connectivity index (χ4n) is 5.13. The first-order chi connectivity index (χ1) is 19.6. The van der Waals surface area contributed by atoms with Crippen LogP contribution in [0.5, 0.6) is 17.2 Å². The lowest BCUT2D eigenvalue weighted by Gasteiger charge is -2.39. The average Bonchev–Trinajstić information content (AvgIpc) is 3.40. The van der Waals surface area contributed by atoms with Crippen LogP contribution in [0.25, 0.3) is 16.7 Å². The summed E-state index contributed by atoms with van der Waals surface area (Å²) in [5, 5.41) is 7.51. The zero-order valence-corrected chi connectivity index (χ0v) is 21.7. The van der Waals surface area contributed by atoms with Crippen LogP contribution in [0.1, 0.15) is 5.56 Å². The van der Waals surface area contributed by atoms with E-state index < -0.39 is 0 Å². The number of aryl methyl sites for hydroxylation is 1. The summed E-state index contributed by atoms with van der Waals surface area (Å²) in [5.74, 6) is 3.27. The normalized spacial score (nSPS) is 16.3. The van der Waals surface area contributed by atoms with E-state index in [-0.39, 0.29) is 11.9 Å². The summed E-state index contributed by atoms with van der Waals surface area (Å²) >= 11 is 0. The minimum Gasteiger partial charge on any atom is -0.487 e. The molecule has 6 heterocycles. The summed E-state index contributed by atoms with van der Waals surface area (Å²) in [6, 6.07) is 11.3. The van der Waals surface area contributed by atoms with Gasteiger partial charge in [-0.1, -0.05) is 6.58 Å². The standard InChI is InChI=1S/C28H25N9O3/c1-3-25(38)36-9-8-35-13-19(36)14-39-23-12-21-26(34-28(23)35)27(31-15-29-21)33-18-4-5-22(17(2)10-18)40-20-6-7-37-24(11-20)30-16-32-37/h3-7,10-12,15-16,19H,1,8-9,13-14H2,2H3,(H,29,31,33)/t19-/m1/s1. The van der Waals surface area contributed by atoms with Crippen molar-refractivity contribution in [3.8, 4) is 17.2 Å². The maximum absolute atomic E-state index is 12.3. The molecule has 40 heavy (non-hydrogen) atoms. The molecule has 12 nitrogen and oxygen atoms in total. The molecule has 1 atom stereocenters. The maximum atomic E-state index is 12.3. The number of rotatable bonds is 5. The number of ether oxygens (including phenoxy) is 2. The first-order valence-corrected chi connectivity index (χ1v) is 12.9. The summed E-state index contributed by atoms with van der Waals surface area (Å²) < 4.78 is 13.9. The summed E-state index contributed by atoms with van der Waals surface area (Å²) in [4.78, 5) is 34.4. The highest BCUT2D eigenvalue weighted by molar-refractivity contribution is 5.90. The molecule has 200 valence electrons. The number of benzene rings is 1. The molecule has 0 saturated carbocycles. The van der Waals surface area contributed by atoms with Crippen molar-refractivity contribution >= 4 is 39.9 Å². The molecule has 0 aliphatic carbocycles. The van der Waals surface area contributed by atoms with E-state index in [4.69, 9.17) is 14.5 Å². The van der Waals surface area contributed by atoms with Crippen LogP contribution in [0.3, 0.4) is 0 Å². The van der Waals surface area contributed by atoms with E-state index in [0.29, 0.717) is 60.2 Å². The zero-order chi connectivity index (χ0) is 27.2. The van der Waals surface area contributed by atoms with Crippen molar-refractivity contribution in [2.24, 2.45) is 0 Å². The van der Waals surface area contributed by atoms with Gasteiger partial charge >= 0.3 is 0 Å². The molecule has 5 aromatic rings. The average molecular weight is 536 g/mol. The molecule has 1 amide bonds. The lowest BCUT2D eigenvalue weighted by molar-refractivity contribution is -0.129. The molecule has 12 heteroatoms. The predicted molar refractivity (Wildman–Crippen MR) is 148 cm³/mol. The van der Waals surface area contributed by atoms with Gasteiger partial charge in [0.15, 0.2) is 23.0 Å². The van der Waals surface area contributed by atoms with Crippen molar-refractivity contribution in [1.29, 1.82) is 0 Å². The predicted octanol–water partition coefficient (Wildman–Crippen LogP) is 3.51. The van der Waals surface area contributed by atoms with Gasteiger partial charge in [0, 0.05) is 43.7 Å². The van der Waals surface area contributed by atoms with Crippen molar-refractivity contribution < 1.29 is 14.3 Å². The zero-order valence-electron chi connectivity index (χ0n) is 21.7. The number of fused-ring (bicyclic) bond motifs is 6. The minimum atomic E-state index is -0.0854. The number of nitrogens with zero attached hydrogens (tertiary/aromatic N) is 8. The van der Waals surface area contributed by atoms with Crippen LogP contribution in [-0.2, 0) is 4.79 Å². The van der Waals surface area contributed by atoms with Gasteiger partial charge in [-0.2, -0.15) is 5.10 Å². The van der Waals surface area contributed by atoms with Gasteiger partial charge < -0.3 is 24.6 Å². The van der Waals surface area contributed by atoms with E-state index >= 15 is 0 Å². The van der Waals surface area contributed by atoms with Gasteiger partial charge in [-0.25, -0.2) is 24.5 Å². The number of piperazine rings is 1. The van der Waals surface area contributed by atoms with Crippen molar-refractivity contribution in [1.82, 2.24) is 34.4 Å². The summed E-state index contributed by atoms with van der Waals surface area (Å²) in [7, 11) is 0. The van der Waals surface area contributed by atoms with Crippen LogP contribution < -0.4 is 19.7 Å². The number of hydrogen-bond donors (Lipinski definition) is 1. The Morgan fingerprint density at radius 2 is 2.08 bits per heavy atom. The second-order valence-corrected chi connectivity index (χ2v) is 9.68. The van der Waals surface area contributed by atoms with Crippen LogP contribution in [0.2, 0.25) is 0 Å². The summed E-state index contributed by atoms with van der Waals surface area (Å²) in [5.41, 5.74) is 3.78. The molecule has 0 unspecified atom stereocenters. The number of aromatic nitrogens is 6. The highest BCUT2D eigenvalue weighted by Gasteiger charge is 2.34. The molecular weight excluding hydrogens is 510 g/mol. The highest BCUT2D eigenvalue weighted by atomic mass is 16.5. The van der Waals surface area contributed by atoms with Gasteiger partial charge in [-0.05, 0) is 42.8 Å². The quantitative estimate of drug-likeness (QED) is 0.335. The van der Waals surface area contributed by atoms with Gasteiger partial charge in [-0.15, -0.1) is 0 Å². The fourth-order valence-corrected chi connectivity index (χ4v) is 5.13. The fraction of sp³-hybridized carbons (Fsp3) is 0.214. The van der Waals surface area contributed by atoms with Crippen LogP contribution in [0.4, 0.5) is 17.3 Å². The maximum Gasteiger partial charge on any atom is 0.246 e. The van der Waals surface area contributed by atoms with Crippen molar-refractivity contribution in [2.45, 2.75) is 13.0 Å². The number of hydrogen-bond acceptors (Lipinski definition) is 10. The van der Waals surface area contributed by atoms with Crippen LogP contribution in [-0.4, -0.2) is 72.6 Å². The summed E-state index contributed by atoms with van der Waals surface area (Å²) in [6.07, 6.45) is 6.17. The van der Waals surface area contributed by atoms with E-state index in [9.17, 15) is 4.79 Å². The van der Waals surface area contributed by atoms with Gasteiger partial charge in [0.25, 0.3) is 0 Å². The third kappa shape index (κ3) is 4.19. The van der Waals surface area contributed by atoms with Gasteiger partial charge in [0.05, 0.1) is 11.6 Å². The van der Waals surface area contributed by atoms with E-state index in [1.165, 1.54) is 18.7 Å². The minimum absolute atomic E-state index is 0.0813. The second kappa shape index (κ2) is 9.49. The molecule has 0 radical (unpaired) electrons. The molecule has 7 rings (SSSR count). The molecule has 4 aromatic heterocycles. The first kappa shape index (κ1) is 23.8. The van der Waals surface area contributed by atoms with Crippen LogP contribution >= 0.6 is 0 Å². The SMILES string of the molecule is C=CC(=O)N1CCN2C[C@@H]1COc1cc3ncnc(Nc4ccc(Oc5ccn6ncnc6c5)c(C)c4)c3nc12. The Morgan fingerprint density at radius 1 is 1.15 bits per heavy atom. The van der Waals surface area contributed by atoms with Gasteiger partial charge in [-0.3, -0.25) is 4.79 Å². The molecular formula is C28H25N9O3. The van der Waals surface area contributed by atoms with Crippen LogP contribution in [0, 0.1) is 6.92 Å². The number of amides is 1.